The molecule has 9 heteroatoms. The maximum atomic E-state index is 14.2. The molecule has 1 aliphatic heterocycles. The van der Waals surface area contributed by atoms with E-state index in [1.54, 1.807) is 41.1 Å². The summed E-state index contributed by atoms with van der Waals surface area (Å²) in [5.74, 6) is 0.783. The first kappa shape index (κ1) is 26.0. The van der Waals surface area contributed by atoms with Crippen LogP contribution < -0.4 is 10.6 Å². The van der Waals surface area contributed by atoms with Crippen molar-refractivity contribution in [1.29, 1.82) is 0 Å². The Labute approximate surface area is 230 Å². The Morgan fingerprint density at radius 1 is 1.11 bits per heavy atom. The van der Waals surface area contributed by atoms with Crippen molar-refractivity contribution in [3.8, 4) is 0 Å². The van der Waals surface area contributed by atoms with Gasteiger partial charge in [-0.3, -0.25) is 4.79 Å². The molecule has 0 aliphatic carbocycles. The summed E-state index contributed by atoms with van der Waals surface area (Å²) in [7, 11) is 0. The molecule has 1 aliphatic rings. The quantitative estimate of drug-likeness (QED) is 0.236. The molecule has 0 fully saturated rings. The number of benzene rings is 3. The predicted molar refractivity (Wildman–Crippen MR) is 151 cm³/mol. The fraction of sp³-hybridized carbons (Fsp3) is 0.207. The van der Waals surface area contributed by atoms with E-state index < -0.39 is 6.04 Å². The van der Waals surface area contributed by atoms with Crippen LogP contribution >= 0.6 is 23.4 Å². The fourth-order valence-corrected chi connectivity index (χ4v) is 5.29. The van der Waals surface area contributed by atoms with Gasteiger partial charge in [-0.1, -0.05) is 79.7 Å². The topological polar surface area (TPSA) is 71.8 Å². The lowest BCUT2D eigenvalue weighted by Crippen LogP contribution is -2.31. The minimum Gasteiger partial charge on any atom is -0.328 e. The SMILES string of the molecule is CC1=C(C(=O)Nc2ccc(Cl)cc2)C(c2ccc(C(C)C)cc2)n2nc(SCc3ccccc3F)nc2N1. The maximum Gasteiger partial charge on any atom is 0.255 e. The van der Waals surface area contributed by atoms with Crippen LogP contribution in [0.1, 0.15) is 49.4 Å². The monoisotopic (exact) mass is 547 g/mol. The Morgan fingerprint density at radius 2 is 1.82 bits per heavy atom. The van der Waals surface area contributed by atoms with Crippen molar-refractivity contribution in [1.82, 2.24) is 14.8 Å². The molecule has 3 aromatic carbocycles. The molecule has 194 valence electrons. The molecule has 1 unspecified atom stereocenters. The molecule has 0 spiro atoms. The van der Waals surface area contributed by atoms with Gasteiger partial charge >= 0.3 is 0 Å². The molecule has 1 amide bonds. The second-order valence-electron chi connectivity index (χ2n) is 9.39. The van der Waals surface area contributed by atoms with Crippen LogP contribution in [0, 0.1) is 5.82 Å². The number of rotatable bonds is 7. The van der Waals surface area contributed by atoms with Crippen LogP contribution in [-0.2, 0) is 10.5 Å². The molecule has 0 saturated carbocycles. The van der Waals surface area contributed by atoms with E-state index in [2.05, 4.69) is 41.6 Å². The first-order valence-electron chi connectivity index (χ1n) is 12.3. The highest BCUT2D eigenvalue weighted by atomic mass is 35.5. The van der Waals surface area contributed by atoms with Crippen molar-refractivity contribution >= 4 is 40.9 Å². The highest BCUT2D eigenvalue weighted by Gasteiger charge is 2.34. The number of hydrogen-bond donors (Lipinski definition) is 2. The number of hydrogen-bond acceptors (Lipinski definition) is 5. The number of fused-ring (bicyclic) bond motifs is 1. The van der Waals surface area contributed by atoms with E-state index in [1.165, 1.54) is 23.4 Å². The van der Waals surface area contributed by atoms with E-state index in [4.69, 9.17) is 16.7 Å². The second kappa shape index (κ2) is 11.0. The average molecular weight is 548 g/mol. The summed E-state index contributed by atoms with van der Waals surface area (Å²) >= 11 is 7.36. The number of allylic oxidation sites excluding steroid dienone is 1. The van der Waals surface area contributed by atoms with E-state index in [-0.39, 0.29) is 11.7 Å². The number of nitrogens with zero attached hydrogens (tertiary/aromatic N) is 3. The number of carbonyl (C=O) groups excluding carboxylic acids is 1. The molecule has 6 nitrogen and oxygen atoms in total. The van der Waals surface area contributed by atoms with Gasteiger partial charge in [-0.2, -0.15) is 4.98 Å². The smallest absolute Gasteiger partial charge is 0.255 e. The zero-order valence-electron chi connectivity index (χ0n) is 21.2. The molecule has 0 saturated heterocycles. The first-order valence-corrected chi connectivity index (χ1v) is 13.6. The second-order valence-corrected chi connectivity index (χ2v) is 10.8. The Bertz CT molecular complexity index is 1500. The summed E-state index contributed by atoms with van der Waals surface area (Å²) in [5.41, 5.74) is 4.54. The summed E-state index contributed by atoms with van der Waals surface area (Å²) in [6, 6.07) is 21.4. The van der Waals surface area contributed by atoms with Gasteiger partial charge in [-0.15, -0.1) is 5.10 Å². The molecule has 1 aromatic heterocycles. The molecular weight excluding hydrogens is 521 g/mol. The van der Waals surface area contributed by atoms with Gasteiger partial charge in [0, 0.05) is 22.2 Å². The summed E-state index contributed by atoms with van der Waals surface area (Å²) in [5, 5.41) is 12.1. The zero-order chi connectivity index (χ0) is 26.8. The largest absolute Gasteiger partial charge is 0.328 e. The van der Waals surface area contributed by atoms with Crippen molar-refractivity contribution in [3.05, 3.63) is 112 Å². The molecule has 2 heterocycles. The third-order valence-electron chi connectivity index (χ3n) is 6.41. The van der Waals surface area contributed by atoms with Crippen LogP contribution in [0.25, 0.3) is 0 Å². The number of aromatic nitrogens is 3. The number of halogens is 2. The first-order chi connectivity index (χ1) is 18.3. The Hall–Kier alpha value is -3.62. The molecule has 2 N–H and O–H groups in total. The van der Waals surface area contributed by atoms with E-state index in [1.807, 2.05) is 25.1 Å². The number of nitrogens with one attached hydrogen (secondary N) is 2. The molecule has 4 aromatic rings. The summed E-state index contributed by atoms with van der Waals surface area (Å²) in [4.78, 5) is 18.3. The Balaban J connectivity index is 1.50. The van der Waals surface area contributed by atoms with Crippen molar-refractivity contribution in [2.24, 2.45) is 0 Å². The predicted octanol–water partition coefficient (Wildman–Crippen LogP) is 7.41. The van der Waals surface area contributed by atoms with E-state index in [9.17, 15) is 9.18 Å². The number of anilines is 2. The Morgan fingerprint density at radius 3 is 2.50 bits per heavy atom. The summed E-state index contributed by atoms with van der Waals surface area (Å²) in [6.45, 7) is 6.14. The lowest BCUT2D eigenvalue weighted by atomic mass is 9.93. The van der Waals surface area contributed by atoms with E-state index in [0.29, 0.717) is 50.3 Å². The number of thioether (sulfide) groups is 1. The van der Waals surface area contributed by atoms with Crippen LogP contribution in [-0.4, -0.2) is 20.7 Å². The molecule has 1 atom stereocenters. The van der Waals surface area contributed by atoms with E-state index >= 15 is 0 Å². The van der Waals surface area contributed by atoms with Gasteiger partial charge in [0.15, 0.2) is 0 Å². The van der Waals surface area contributed by atoms with Crippen LogP contribution in [0.2, 0.25) is 5.02 Å². The van der Waals surface area contributed by atoms with Gasteiger partial charge < -0.3 is 10.6 Å². The Kier molecular flexibility index (Phi) is 7.53. The third kappa shape index (κ3) is 5.47. The lowest BCUT2D eigenvalue weighted by Gasteiger charge is -2.29. The molecule has 0 radical (unpaired) electrons. The summed E-state index contributed by atoms with van der Waals surface area (Å²) < 4.78 is 15.9. The van der Waals surface area contributed by atoms with Gasteiger partial charge in [0.25, 0.3) is 5.91 Å². The molecular formula is C29H27ClFN5OS. The summed E-state index contributed by atoms with van der Waals surface area (Å²) in [6.07, 6.45) is 0. The van der Waals surface area contributed by atoms with Crippen LogP contribution in [0.4, 0.5) is 16.0 Å². The van der Waals surface area contributed by atoms with Gasteiger partial charge in [0.05, 0.1) is 5.57 Å². The lowest BCUT2D eigenvalue weighted by molar-refractivity contribution is -0.113. The van der Waals surface area contributed by atoms with Crippen LogP contribution in [0.15, 0.2) is 89.2 Å². The van der Waals surface area contributed by atoms with Crippen molar-refractivity contribution < 1.29 is 9.18 Å². The highest BCUT2D eigenvalue weighted by Crippen LogP contribution is 2.37. The van der Waals surface area contributed by atoms with Gasteiger partial charge in [0.2, 0.25) is 11.1 Å². The minimum absolute atomic E-state index is 0.253. The maximum absolute atomic E-state index is 14.2. The fourth-order valence-electron chi connectivity index (χ4n) is 4.35. The molecule has 38 heavy (non-hydrogen) atoms. The number of amides is 1. The van der Waals surface area contributed by atoms with Gasteiger partial charge in [0.1, 0.15) is 11.9 Å². The van der Waals surface area contributed by atoms with Gasteiger partial charge in [-0.05, 0) is 59.9 Å². The van der Waals surface area contributed by atoms with Crippen molar-refractivity contribution in [2.45, 2.75) is 43.6 Å². The number of carbonyl (C=O) groups is 1. The molecule has 0 bridgehead atoms. The van der Waals surface area contributed by atoms with Crippen molar-refractivity contribution in [2.75, 3.05) is 10.6 Å². The average Bonchev–Trinajstić information content (AvgIpc) is 3.31. The third-order valence-corrected chi connectivity index (χ3v) is 7.55. The van der Waals surface area contributed by atoms with E-state index in [0.717, 1.165) is 5.56 Å². The normalized spacial score (nSPS) is 14.8. The molecule has 5 rings (SSSR count). The van der Waals surface area contributed by atoms with Crippen LogP contribution in [0.5, 0.6) is 0 Å². The van der Waals surface area contributed by atoms with Crippen molar-refractivity contribution in [3.63, 3.8) is 0 Å². The highest BCUT2D eigenvalue weighted by molar-refractivity contribution is 7.98. The standard InChI is InChI=1S/C29H27ClFN5OS/c1-17(2)19-8-10-20(11-9-19)26-25(27(37)33-23-14-12-22(30)13-15-23)18(3)32-28-34-29(35-36(26)28)38-16-21-6-4-5-7-24(21)31/h4-15,17,26H,16H2,1-3H3,(H,33,37)(H,32,34,35). The van der Waals surface area contributed by atoms with Gasteiger partial charge in [-0.25, -0.2) is 9.07 Å². The van der Waals surface area contributed by atoms with Crippen LogP contribution in [0.3, 0.4) is 0 Å². The minimum atomic E-state index is -0.505. The zero-order valence-corrected chi connectivity index (χ0v) is 22.8.